The fraction of sp³-hybridized carbons (Fsp3) is 0.500. The molecule has 0 aliphatic carbocycles. The molecule has 3 rings (SSSR count). The smallest absolute Gasteiger partial charge is 0.238 e. The Morgan fingerprint density at radius 2 is 2.21 bits per heavy atom. The van der Waals surface area contributed by atoms with Crippen molar-refractivity contribution in [2.45, 2.75) is 38.8 Å². The Labute approximate surface area is 141 Å². The first kappa shape index (κ1) is 16.9. The third kappa shape index (κ3) is 3.44. The first-order valence-corrected chi connectivity index (χ1v) is 9.83. The van der Waals surface area contributed by atoms with Crippen LogP contribution in [0.15, 0.2) is 24.3 Å². The monoisotopic (exact) mass is 350 g/mol. The number of hydrogen-bond donors (Lipinski definition) is 2. The van der Waals surface area contributed by atoms with Crippen LogP contribution in [0.25, 0.3) is 11.0 Å². The van der Waals surface area contributed by atoms with Gasteiger partial charge in [-0.2, -0.15) is 4.31 Å². The molecule has 0 saturated carbocycles. The molecule has 0 radical (unpaired) electrons. The number of nitrogens with zero attached hydrogens (tertiary/aromatic N) is 2. The Morgan fingerprint density at radius 1 is 1.42 bits per heavy atom. The van der Waals surface area contributed by atoms with Crippen LogP contribution in [0.3, 0.4) is 0 Å². The number of H-pyrrole nitrogens is 1. The molecule has 1 aliphatic heterocycles. The summed E-state index contributed by atoms with van der Waals surface area (Å²) in [6.07, 6.45) is 1.83. The number of nitrogens with one attached hydrogen (secondary N) is 2. The van der Waals surface area contributed by atoms with Gasteiger partial charge in [-0.15, -0.1) is 0 Å². The van der Waals surface area contributed by atoms with E-state index in [0.717, 1.165) is 11.0 Å². The molecule has 1 aromatic carbocycles. The number of aromatic nitrogens is 2. The number of hydrogen-bond acceptors (Lipinski definition) is 4. The summed E-state index contributed by atoms with van der Waals surface area (Å²) >= 11 is 0. The third-order valence-electron chi connectivity index (χ3n) is 4.19. The number of fused-ring (bicyclic) bond motifs is 1. The van der Waals surface area contributed by atoms with E-state index in [0.29, 0.717) is 31.6 Å². The molecule has 0 spiro atoms. The van der Waals surface area contributed by atoms with Gasteiger partial charge in [0.05, 0.1) is 23.3 Å². The zero-order chi connectivity index (χ0) is 17.2. The van der Waals surface area contributed by atoms with Gasteiger partial charge in [0.25, 0.3) is 0 Å². The Kier molecular flexibility index (Phi) is 4.86. The van der Waals surface area contributed by atoms with Crippen molar-refractivity contribution in [2.75, 3.05) is 12.3 Å². The average molecular weight is 350 g/mol. The van der Waals surface area contributed by atoms with E-state index in [9.17, 15) is 13.2 Å². The molecule has 2 N–H and O–H groups in total. The Bertz CT molecular complexity index is 798. The van der Waals surface area contributed by atoms with Crippen LogP contribution in [0.2, 0.25) is 0 Å². The number of amides is 1. The van der Waals surface area contributed by atoms with Crippen molar-refractivity contribution in [3.05, 3.63) is 30.1 Å². The van der Waals surface area contributed by atoms with Gasteiger partial charge in [-0.1, -0.05) is 19.1 Å². The fourth-order valence-corrected chi connectivity index (χ4v) is 4.83. The van der Waals surface area contributed by atoms with E-state index in [4.69, 9.17) is 0 Å². The van der Waals surface area contributed by atoms with E-state index >= 15 is 0 Å². The lowest BCUT2D eigenvalue weighted by atomic mass is 10.2. The highest BCUT2D eigenvalue weighted by atomic mass is 32.2. The zero-order valence-corrected chi connectivity index (χ0v) is 14.5. The number of aromatic amines is 1. The summed E-state index contributed by atoms with van der Waals surface area (Å²) in [6, 6.07) is 7.03. The van der Waals surface area contributed by atoms with E-state index in [-0.39, 0.29) is 18.2 Å². The maximum absolute atomic E-state index is 12.4. The topological polar surface area (TPSA) is 95.2 Å². The van der Waals surface area contributed by atoms with Gasteiger partial charge in [0.15, 0.2) is 0 Å². The van der Waals surface area contributed by atoms with Crippen LogP contribution in [0, 0.1) is 0 Å². The van der Waals surface area contributed by atoms with Gasteiger partial charge in [-0.3, -0.25) is 4.79 Å². The Morgan fingerprint density at radius 3 is 2.96 bits per heavy atom. The van der Waals surface area contributed by atoms with Crippen LogP contribution in [-0.2, 0) is 21.4 Å². The summed E-state index contributed by atoms with van der Waals surface area (Å²) in [4.78, 5) is 20.0. The van der Waals surface area contributed by atoms with E-state index in [1.165, 1.54) is 4.31 Å². The molecule has 1 aromatic heterocycles. The number of carbonyl (C=O) groups is 1. The number of rotatable bonds is 6. The molecule has 1 amide bonds. The normalized spacial score (nSPS) is 19.0. The third-order valence-corrected chi connectivity index (χ3v) is 6.27. The molecule has 24 heavy (non-hydrogen) atoms. The molecule has 1 fully saturated rings. The van der Waals surface area contributed by atoms with Crippen LogP contribution in [0.5, 0.6) is 0 Å². The van der Waals surface area contributed by atoms with Crippen molar-refractivity contribution in [3.8, 4) is 0 Å². The highest BCUT2D eigenvalue weighted by molar-refractivity contribution is 7.89. The molecule has 1 aliphatic rings. The summed E-state index contributed by atoms with van der Waals surface area (Å²) in [5, 5.41) is 2.81. The minimum Gasteiger partial charge on any atom is -0.347 e. The van der Waals surface area contributed by atoms with Gasteiger partial charge in [-0.25, -0.2) is 13.4 Å². The summed E-state index contributed by atoms with van der Waals surface area (Å²) in [5.74, 6) is 0.485. The molecule has 8 heteroatoms. The van der Waals surface area contributed by atoms with Gasteiger partial charge < -0.3 is 10.3 Å². The number of carbonyl (C=O) groups excluding carboxylic acids is 1. The molecular weight excluding hydrogens is 328 g/mol. The number of benzene rings is 1. The van der Waals surface area contributed by atoms with E-state index in [2.05, 4.69) is 15.3 Å². The first-order valence-electron chi connectivity index (χ1n) is 8.22. The minimum atomic E-state index is -3.36. The molecule has 7 nitrogen and oxygen atoms in total. The predicted octanol–water partition coefficient (Wildman–Crippen LogP) is 1.38. The molecule has 0 bridgehead atoms. The lowest BCUT2D eigenvalue weighted by Gasteiger charge is -2.22. The second-order valence-electron chi connectivity index (χ2n) is 6.00. The molecule has 1 unspecified atom stereocenters. The molecular formula is C16H22N4O3S. The van der Waals surface area contributed by atoms with Crippen molar-refractivity contribution in [1.82, 2.24) is 19.6 Å². The second kappa shape index (κ2) is 6.90. The van der Waals surface area contributed by atoms with Crippen molar-refractivity contribution in [2.24, 2.45) is 0 Å². The van der Waals surface area contributed by atoms with Gasteiger partial charge in [-0.05, 0) is 31.4 Å². The quantitative estimate of drug-likeness (QED) is 0.823. The van der Waals surface area contributed by atoms with E-state index in [1.54, 1.807) is 0 Å². The van der Waals surface area contributed by atoms with Gasteiger partial charge >= 0.3 is 0 Å². The van der Waals surface area contributed by atoms with Crippen LogP contribution in [0.4, 0.5) is 0 Å². The summed E-state index contributed by atoms with van der Waals surface area (Å²) in [6.45, 7) is 2.50. The molecule has 2 heterocycles. The Balaban J connectivity index is 1.65. The van der Waals surface area contributed by atoms with Crippen molar-refractivity contribution in [1.29, 1.82) is 0 Å². The van der Waals surface area contributed by atoms with Crippen molar-refractivity contribution >= 4 is 27.0 Å². The summed E-state index contributed by atoms with van der Waals surface area (Å²) < 4.78 is 25.9. The van der Waals surface area contributed by atoms with Crippen LogP contribution in [0.1, 0.15) is 32.0 Å². The number of imidazole rings is 1. The highest BCUT2D eigenvalue weighted by Gasteiger charge is 2.37. The van der Waals surface area contributed by atoms with Crippen molar-refractivity contribution < 1.29 is 13.2 Å². The molecule has 1 atom stereocenters. The lowest BCUT2D eigenvalue weighted by molar-refractivity contribution is -0.124. The van der Waals surface area contributed by atoms with Crippen LogP contribution < -0.4 is 5.32 Å². The average Bonchev–Trinajstić information content (AvgIpc) is 3.19. The maximum atomic E-state index is 12.4. The maximum Gasteiger partial charge on any atom is 0.238 e. The van der Waals surface area contributed by atoms with Crippen molar-refractivity contribution in [3.63, 3.8) is 0 Å². The van der Waals surface area contributed by atoms with Gasteiger partial charge in [0, 0.05) is 6.54 Å². The SMILES string of the molecule is CCCS(=O)(=O)N1CCCC1C(=O)NCc1nc2ccccc2[nH]1. The second-order valence-corrected chi connectivity index (χ2v) is 8.04. The summed E-state index contributed by atoms with van der Waals surface area (Å²) in [7, 11) is -3.36. The Hall–Kier alpha value is -1.93. The predicted molar refractivity (Wildman–Crippen MR) is 91.7 cm³/mol. The molecule has 2 aromatic rings. The molecule has 1 saturated heterocycles. The standard InChI is InChI=1S/C16H22N4O3S/c1-2-10-24(22,23)20-9-5-8-14(20)16(21)17-11-15-18-12-6-3-4-7-13(12)19-15/h3-4,6-7,14H,2,5,8-11H2,1H3,(H,17,21)(H,18,19). The van der Waals surface area contributed by atoms with Gasteiger partial charge in [0.1, 0.15) is 11.9 Å². The lowest BCUT2D eigenvalue weighted by Crippen LogP contribution is -2.46. The largest absolute Gasteiger partial charge is 0.347 e. The van der Waals surface area contributed by atoms with Crippen LogP contribution in [-0.4, -0.2) is 46.9 Å². The molecule has 130 valence electrons. The number of sulfonamides is 1. The fourth-order valence-electron chi connectivity index (χ4n) is 3.09. The van der Waals surface area contributed by atoms with Crippen LogP contribution >= 0.6 is 0 Å². The van der Waals surface area contributed by atoms with E-state index < -0.39 is 16.1 Å². The zero-order valence-electron chi connectivity index (χ0n) is 13.7. The number of para-hydroxylation sites is 2. The van der Waals surface area contributed by atoms with E-state index in [1.807, 2.05) is 31.2 Å². The van der Waals surface area contributed by atoms with Gasteiger partial charge in [0.2, 0.25) is 15.9 Å². The first-order chi connectivity index (χ1) is 11.5. The minimum absolute atomic E-state index is 0.0837. The summed E-state index contributed by atoms with van der Waals surface area (Å²) in [5.41, 5.74) is 1.75. The highest BCUT2D eigenvalue weighted by Crippen LogP contribution is 2.22.